The highest BCUT2D eigenvalue weighted by Crippen LogP contribution is 2.51. The molecule has 0 amide bonds. The lowest BCUT2D eigenvalue weighted by molar-refractivity contribution is -0.159. The van der Waals surface area contributed by atoms with E-state index < -0.39 is 5.60 Å². The van der Waals surface area contributed by atoms with E-state index in [0.29, 0.717) is 24.9 Å². The molecular formula is C32H43NO4. The number of carbonyl (C=O) groups excluding carboxylic acids is 1. The molecular weight excluding hydrogens is 462 g/mol. The fourth-order valence-corrected chi connectivity index (χ4v) is 6.43. The van der Waals surface area contributed by atoms with Crippen molar-refractivity contribution in [2.75, 3.05) is 19.7 Å². The first-order chi connectivity index (χ1) is 17.8. The average molecular weight is 506 g/mol. The van der Waals surface area contributed by atoms with Crippen molar-refractivity contribution in [1.82, 2.24) is 4.90 Å². The summed E-state index contributed by atoms with van der Waals surface area (Å²) in [6.45, 7) is 11.2. The third kappa shape index (κ3) is 6.82. The number of carbonyl (C=O) groups is 1. The van der Waals surface area contributed by atoms with Gasteiger partial charge in [-0.3, -0.25) is 9.69 Å². The summed E-state index contributed by atoms with van der Waals surface area (Å²) in [5.74, 6) is 1.59. The monoisotopic (exact) mass is 505 g/mol. The zero-order valence-electron chi connectivity index (χ0n) is 22.8. The molecule has 5 nitrogen and oxygen atoms in total. The minimum absolute atomic E-state index is 0.0669. The molecule has 0 saturated heterocycles. The lowest BCUT2D eigenvalue weighted by atomic mass is 9.57. The fourth-order valence-electron chi connectivity index (χ4n) is 6.43. The van der Waals surface area contributed by atoms with Crippen molar-refractivity contribution in [3.05, 3.63) is 77.9 Å². The molecule has 0 bridgehead atoms. The summed E-state index contributed by atoms with van der Waals surface area (Å²) in [5, 5.41) is 11.9. The summed E-state index contributed by atoms with van der Waals surface area (Å²) in [6.07, 6.45) is 4.45. The largest absolute Gasteiger partial charge is 0.492 e. The van der Waals surface area contributed by atoms with Crippen LogP contribution in [-0.2, 0) is 16.1 Å². The van der Waals surface area contributed by atoms with Gasteiger partial charge in [0.05, 0.1) is 5.60 Å². The van der Waals surface area contributed by atoms with E-state index in [0.717, 1.165) is 43.8 Å². The van der Waals surface area contributed by atoms with Crippen molar-refractivity contribution in [2.45, 2.75) is 65.2 Å². The third-order valence-corrected chi connectivity index (χ3v) is 8.54. The minimum atomic E-state index is -0.850. The first-order valence-electron chi connectivity index (χ1n) is 13.8. The van der Waals surface area contributed by atoms with Crippen LogP contribution in [-0.4, -0.2) is 47.4 Å². The van der Waals surface area contributed by atoms with Gasteiger partial charge in [-0.2, -0.15) is 0 Å². The molecule has 2 aliphatic rings. The molecule has 0 radical (unpaired) electrons. The minimum Gasteiger partial charge on any atom is -0.492 e. The lowest BCUT2D eigenvalue weighted by Crippen LogP contribution is -2.56. The quantitative estimate of drug-likeness (QED) is 0.323. The highest BCUT2D eigenvalue weighted by molar-refractivity contribution is 5.66. The van der Waals surface area contributed by atoms with Crippen LogP contribution in [0.4, 0.5) is 0 Å². The van der Waals surface area contributed by atoms with Gasteiger partial charge in [0.25, 0.3) is 0 Å². The second kappa shape index (κ2) is 12.3. The molecule has 1 unspecified atom stereocenters. The fraction of sp³-hybridized carbons (Fsp3) is 0.531. The summed E-state index contributed by atoms with van der Waals surface area (Å²) in [4.78, 5) is 14.2. The molecule has 0 aliphatic heterocycles. The Labute approximate surface area is 222 Å². The summed E-state index contributed by atoms with van der Waals surface area (Å²) in [7, 11) is 0. The maximum atomic E-state index is 11.9. The Morgan fingerprint density at radius 2 is 1.78 bits per heavy atom. The Morgan fingerprint density at radius 3 is 2.46 bits per heavy atom. The number of nitrogens with zero attached hydrogens (tertiary/aromatic N) is 1. The van der Waals surface area contributed by atoms with Gasteiger partial charge in [0.2, 0.25) is 0 Å². The van der Waals surface area contributed by atoms with Crippen LogP contribution < -0.4 is 4.74 Å². The molecule has 200 valence electrons. The number of rotatable bonds is 10. The van der Waals surface area contributed by atoms with Crippen molar-refractivity contribution >= 4 is 5.97 Å². The smallest absolute Gasteiger partial charge is 0.303 e. The number of para-hydroxylation sites is 1. The van der Waals surface area contributed by atoms with Crippen LogP contribution in [0.3, 0.4) is 0 Å². The van der Waals surface area contributed by atoms with E-state index in [-0.39, 0.29) is 23.9 Å². The van der Waals surface area contributed by atoms with Crippen LogP contribution in [0.1, 0.15) is 52.5 Å². The van der Waals surface area contributed by atoms with E-state index in [9.17, 15) is 9.90 Å². The summed E-state index contributed by atoms with van der Waals surface area (Å²) >= 11 is 0. The van der Waals surface area contributed by atoms with Gasteiger partial charge >= 0.3 is 5.97 Å². The second-order valence-corrected chi connectivity index (χ2v) is 11.2. The highest BCUT2D eigenvalue weighted by atomic mass is 16.5. The molecule has 0 aromatic heterocycles. The van der Waals surface area contributed by atoms with Crippen LogP contribution in [0.25, 0.3) is 0 Å². The van der Waals surface area contributed by atoms with Gasteiger partial charge in [-0.25, -0.2) is 0 Å². The molecule has 0 spiro atoms. The van der Waals surface area contributed by atoms with Gasteiger partial charge in [-0.15, -0.1) is 0 Å². The van der Waals surface area contributed by atoms with E-state index >= 15 is 0 Å². The number of ether oxygens (including phenoxy) is 2. The predicted molar refractivity (Wildman–Crippen MR) is 147 cm³/mol. The van der Waals surface area contributed by atoms with Gasteiger partial charge < -0.3 is 14.6 Å². The summed E-state index contributed by atoms with van der Waals surface area (Å²) in [6, 6.07) is 20.6. The van der Waals surface area contributed by atoms with E-state index in [1.807, 2.05) is 37.3 Å². The van der Waals surface area contributed by atoms with Crippen LogP contribution in [0.5, 0.6) is 5.75 Å². The Morgan fingerprint density at radius 1 is 1.11 bits per heavy atom. The average Bonchev–Trinajstić information content (AvgIpc) is 2.87. The van der Waals surface area contributed by atoms with E-state index in [4.69, 9.17) is 9.47 Å². The maximum Gasteiger partial charge on any atom is 0.303 e. The van der Waals surface area contributed by atoms with Crippen molar-refractivity contribution in [3.63, 3.8) is 0 Å². The first kappa shape index (κ1) is 27.4. The third-order valence-electron chi connectivity index (χ3n) is 8.54. The van der Waals surface area contributed by atoms with Crippen molar-refractivity contribution in [3.8, 4) is 5.75 Å². The molecule has 5 heteroatoms. The van der Waals surface area contributed by atoms with Gasteiger partial charge in [0, 0.05) is 38.9 Å². The van der Waals surface area contributed by atoms with Crippen LogP contribution in [0.15, 0.2) is 72.3 Å². The SMILES string of the molecule is CC(=O)O[C@@H]1C[C@@]2(O)[C@H](C)CC[C@@H](C(C)CN(CCOc3ccccc3)Cc3ccccc3)[C@H]2C=C1C. The van der Waals surface area contributed by atoms with Gasteiger partial charge in [-0.1, -0.05) is 68.5 Å². The Hall–Kier alpha value is -2.63. The Kier molecular flexibility index (Phi) is 9.09. The van der Waals surface area contributed by atoms with Crippen molar-refractivity contribution < 1.29 is 19.4 Å². The van der Waals surface area contributed by atoms with Crippen LogP contribution >= 0.6 is 0 Å². The molecule has 6 atom stereocenters. The Bertz CT molecular complexity index is 1040. The number of hydrogen-bond donors (Lipinski definition) is 1. The van der Waals surface area contributed by atoms with Gasteiger partial charge in [-0.05, 0) is 60.8 Å². The topological polar surface area (TPSA) is 59.0 Å². The molecule has 2 aromatic rings. The normalized spacial score (nSPS) is 28.2. The maximum absolute atomic E-state index is 11.9. The van der Waals surface area contributed by atoms with E-state index in [1.165, 1.54) is 12.5 Å². The second-order valence-electron chi connectivity index (χ2n) is 11.2. The van der Waals surface area contributed by atoms with Crippen LogP contribution in [0, 0.1) is 23.7 Å². The number of esters is 1. The summed E-state index contributed by atoms with van der Waals surface area (Å²) < 4.78 is 11.6. The molecule has 4 rings (SSSR count). The molecule has 1 N–H and O–H groups in total. The lowest BCUT2D eigenvalue weighted by Gasteiger charge is -2.53. The number of hydrogen-bond acceptors (Lipinski definition) is 5. The zero-order chi connectivity index (χ0) is 26.4. The van der Waals surface area contributed by atoms with Gasteiger partial charge in [0.1, 0.15) is 18.5 Å². The number of fused-ring (bicyclic) bond motifs is 1. The van der Waals surface area contributed by atoms with E-state index in [1.54, 1.807) is 0 Å². The van der Waals surface area contributed by atoms with Crippen molar-refractivity contribution in [2.24, 2.45) is 23.7 Å². The zero-order valence-corrected chi connectivity index (χ0v) is 22.8. The Balaban J connectivity index is 1.48. The van der Waals surface area contributed by atoms with E-state index in [2.05, 4.69) is 55.2 Å². The first-order valence-corrected chi connectivity index (χ1v) is 13.8. The van der Waals surface area contributed by atoms with Crippen LogP contribution in [0.2, 0.25) is 0 Å². The molecule has 2 aromatic carbocycles. The molecule has 37 heavy (non-hydrogen) atoms. The highest BCUT2D eigenvalue weighted by Gasteiger charge is 2.52. The molecule has 1 fully saturated rings. The van der Waals surface area contributed by atoms with Crippen molar-refractivity contribution in [1.29, 1.82) is 0 Å². The summed E-state index contributed by atoms with van der Waals surface area (Å²) in [5.41, 5.74) is 1.51. The number of aliphatic hydroxyl groups is 1. The molecule has 1 saturated carbocycles. The molecule has 2 aliphatic carbocycles. The predicted octanol–water partition coefficient (Wildman–Crippen LogP) is 5.88. The standard InChI is InChI=1S/C32H43NO4/c1-23-19-30-29(16-15-25(3)32(30,35)20-31(23)37-26(4)34)24(2)21-33(22-27-11-7-5-8-12-27)17-18-36-28-13-9-6-10-14-28/h5-14,19,24-25,29-31,35H,15-18,20-22H2,1-4H3/t24?,25-,29+,30-,31-,32-/m1/s1. The number of benzene rings is 2. The molecule has 0 heterocycles. The van der Waals surface area contributed by atoms with Gasteiger partial charge in [0.15, 0.2) is 0 Å².